The lowest BCUT2D eigenvalue weighted by molar-refractivity contribution is 0.112. The van der Waals surface area contributed by atoms with Gasteiger partial charge in [-0.05, 0) is 25.1 Å². The Balaban J connectivity index is 2.11. The molecule has 0 aliphatic carbocycles. The molecule has 3 rings (SSSR count). The van der Waals surface area contributed by atoms with E-state index < -0.39 is 0 Å². The van der Waals surface area contributed by atoms with Crippen molar-refractivity contribution in [3.8, 4) is 22.8 Å². The van der Waals surface area contributed by atoms with Crippen molar-refractivity contribution in [2.45, 2.75) is 6.92 Å². The lowest BCUT2D eigenvalue weighted by Gasteiger charge is -1.95. The fraction of sp³-hybridized carbons (Fsp3) is 0.0625. The van der Waals surface area contributed by atoms with Gasteiger partial charge in [-0.15, -0.1) is 0 Å². The molecule has 0 aliphatic heterocycles. The number of hydrogen-bond donors (Lipinski definition) is 0. The largest absolute Gasteiger partial charge is 0.458 e. The second-order valence-corrected chi connectivity index (χ2v) is 4.29. The number of carbonyl (C=O) groups excluding carboxylic acids is 1. The normalized spacial score (nSPS) is 10.6. The molecule has 94 valence electrons. The number of benzene rings is 1. The van der Waals surface area contributed by atoms with Crippen LogP contribution in [0.5, 0.6) is 0 Å². The Morgan fingerprint density at radius 1 is 0.947 bits per heavy atom. The summed E-state index contributed by atoms with van der Waals surface area (Å²) in [4.78, 5) is 11.2. The molecule has 2 heterocycles. The summed E-state index contributed by atoms with van der Waals surface area (Å²) in [7, 11) is 0. The molecule has 0 saturated carbocycles. The van der Waals surface area contributed by atoms with Gasteiger partial charge in [0.25, 0.3) is 0 Å². The topological polar surface area (TPSA) is 43.4 Å². The van der Waals surface area contributed by atoms with Crippen molar-refractivity contribution in [3.63, 3.8) is 0 Å². The number of rotatable bonds is 3. The van der Waals surface area contributed by atoms with Crippen molar-refractivity contribution in [1.82, 2.24) is 0 Å². The standard InChI is InChI=1S/C16H12O3/c1-11-7-8-14(18-11)16-13(10-17)9-15(19-16)12-5-3-2-4-6-12/h2-10H,1H3. The van der Waals surface area contributed by atoms with E-state index in [0.29, 0.717) is 22.8 Å². The minimum absolute atomic E-state index is 0.474. The minimum atomic E-state index is 0.474. The van der Waals surface area contributed by atoms with Crippen LogP contribution in [0.15, 0.2) is 57.4 Å². The van der Waals surface area contributed by atoms with Gasteiger partial charge in [-0.3, -0.25) is 4.79 Å². The molecular weight excluding hydrogens is 240 g/mol. The summed E-state index contributed by atoms with van der Waals surface area (Å²) in [6.07, 6.45) is 0.781. The third-order valence-electron chi connectivity index (χ3n) is 2.91. The van der Waals surface area contributed by atoms with Crippen LogP contribution in [-0.2, 0) is 0 Å². The van der Waals surface area contributed by atoms with Crippen molar-refractivity contribution in [3.05, 3.63) is 59.9 Å². The summed E-state index contributed by atoms with van der Waals surface area (Å²) in [5.41, 5.74) is 1.42. The Labute approximate surface area is 110 Å². The number of furan rings is 2. The molecule has 0 spiro atoms. The number of aldehydes is 1. The molecule has 0 fully saturated rings. The lowest BCUT2D eigenvalue weighted by atomic mass is 10.1. The lowest BCUT2D eigenvalue weighted by Crippen LogP contribution is -1.77. The predicted octanol–water partition coefficient (Wildman–Crippen LogP) is 4.33. The Bertz CT molecular complexity index is 705. The highest BCUT2D eigenvalue weighted by Crippen LogP contribution is 2.32. The molecule has 0 aliphatic rings. The van der Waals surface area contributed by atoms with Gasteiger partial charge in [0.15, 0.2) is 17.8 Å². The van der Waals surface area contributed by atoms with Crippen LogP contribution in [0.2, 0.25) is 0 Å². The van der Waals surface area contributed by atoms with Gasteiger partial charge in [0, 0.05) is 5.56 Å². The summed E-state index contributed by atoms with van der Waals surface area (Å²) in [6.45, 7) is 1.85. The van der Waals surface area contributed by atoms with E-state index in [4.69, 9.17) is 8.83 Å². The molecule has 0 saturated heterocycles. The molecule has 3 heteroatoms. The third-order valence-corrected chi connectivity index (χ3v) is 2.91. The van der Waals surface area contributed by atoms with Gasteiger partial charge in [0.2, 0.25) is 0 Å². The Kier molecular flexibility index (Phi) is 2.80. The Morgan fingerprint density at radius 3 is 2.37 bits per heavy atom. The Morgan fingerprint density at radius 2 is 1.74 bits per heavy atom. The highest BCUT2D eigenvalue weighted by atomic mass is 16.4. The molecule has 0 N–H and O–H groups in total. The van der Waals surface area contributed by atoms with Crippen LogP contribution in [0, 0.1) is 6.92 Å². The van der Waals surface area contributed by atoms with E-state index in [1.54, 1.807) is 12.1 Å². The fourth-order valence-corrected chi connectivity index (χ4v) is 1.99. The molecule has 3 aromatic rings. The van der Waals surface area contributed by atoms with E-state index >= 15 is 0 Å². The first-order chi connectivity index (χ1) is 9.28. The maximum absolute atomic E-state index is 11.2. The molecule has 0 bridgehead atoms. The van der Waals surface area contributed by atoms with Crippen molar-refractivity contribution < 1.29 is 13.6 Å². The van der Waals surface area contributed by atoms with E-state index in [-0.39, 0.29) is 0 Å². The van der Waals surface area contributed by atoms with Gasteiger partial charge in [0.05, 0.1) is 5.56 Å². The zero-order chi connectivity index (χ0) is 13.2. The average Bonchev–Trinajstić information content (AvgIpc) is 3.05. The van der Waals surface area contributed by atoms with Crippen molar-refractivity contribution in [2.75, 3.05) is 0 Å². The van der Waals surface area contributed by atoms with E-state index in [0.717, 1.165) is 17.6 Å². The van der Waals surface area contributed by atoms with Gasteiger partial charge in [-0.1, -0.05) is 30.3 Å². The van der Waals surface area contributed by atoms with Gasteiger partial charge in [0.1, 0.15) is 11.5 Å². The van der Waals surface area contributed by atoms with Gasteiger partial charge in [-0.2, -0.15) is 0 Å². The summed E-state index contributed by atoms with van der Waals surface area (Å²) < 4.78 is 11.3. The van der Waals surface area contributed by atoms with Crippen molar-refractivity contribution >= 4 is 6.29 Å². The van der Waals surface area contributed by atoms with Crippen molar-refractivity contribution in [1.29, 1.82) is 0 Å². The van der Waals surface area contributed by atoms with E-state index in [2.05, 4.69) is 0 Å². The molecule has 2 aromatic heterocycles. The molecule has 19 heavy (non-hydrogen) atoms. The zero-order valence-electron chi connectivity index (χ0n) is 10.4. The minimum Gasteiger partial charge on any atom is -0.458 e. The number of hydrogen-bond acceptors (Lipinski definition) is 3. The first-order valence-corrected chi connectivity index (χ1v) is 5.99. The SMILES string of the molecule is Cc1ccc(-c2oc(-c3ccccc3)cc2C=O)o1. The van der Waals surface area contributed by atoms with Gasteiger partial charge in [-0.25, -0.2) is 0 Å². The molecule has 0 amide bonds. The van der Waals surface area contributed by atoms with Crippen molar-refractivity contribution in [2.24, 2.45) is 0 Å². The monoisotopic (exact) mass is 252 g/mol. The summed E-state index contributed by atoms with van der Waals surface area (Å²) in [5, 5.41) is 0. The highest BCUT2D eigenvalue weighted by Gasteiger charge is 2.16. The van der Waals surface area contributed by atoms with E-state index in [9.17, 15) is 4.79 Å². The molecule has 0 radical (unpaired) electrons. The average molecular weight is 252 g/mol. The summed E-state index contributed by atoms with van der Waals surface area (Å²) in [5.74, 6) is 2.49. The number of carbonyl (C=O) groups is 1. The fourth-order valence-electron chi connectivity index (χ4n) is 1.99. The van der Waals surface area contributed by atoms with Crippen LogP contribution in [-0.4, -0.2) is 6.29 Å². The highest BCUT2D eigenvalue weighted by molar-refractivity contribution is 5.86. The molecule has 3 nitrogen and oxygen atoms in total. The van der Waals surface area contributed by atoms with Crippen LogP contribution in [0.3, 0.4) is 0 Å². The maximum Gasteiger partial charge on any atom is 0.180 e. The molecule has 0 unspecified atom stereocenters. The van der Waals surface area contributed by atoms with Crippen LogP contribution >= 0.6 is 0 Å². The van der Waals surface area contributed by atoms with Crippen LogP contribution in [0.1, 0.15) is 16.1 Å². The maximum atomic E-state index is 11.2. The molecular formula is C16H12O3. The van der Waals surface area contributed by atoms with Gasteiger partial charge < -0.3 is 8.83 Å². The van der Waals surface area contributed by atoms with Crippen LogP contribution in [0.4, 0.5) is 0 Å². The summed E-state index contributed by atoms with van der Waals surface area (Å²) in [6, 6.07) is 15.0. The van der Waals surface area contributed by atoms with Crippen LogP contribution in [0.25, 0.3) is 22.8 Å². The first kappa shape index (κ1) is 11.5. The Hall–Kier alpha value is -2.55. The molecule has 1 aromatic carbocycles. The van der Waals surface area contributed by atoms with Gasteiger partial charge >= 0.3 is 0 Å². The second-order valence-electron chi connectivity index (χ2n) is 4.29. The third kappa shape index (κ3) is 2.10. The number of aryl methyl sites for hydroxylation is 1. The quantitative estimate of drug-likeness (QED) is 0.652. The van der Waals surface area contributed by atoms with E-state index in [1.807, 2.05) is 43.3 Å². The smallest absolute Gasteiger partial charge is 0.180 e. The summed E-state index contributed by atoms with van der Waals surface area (Å²) >= 11 is 0. The predicted molar refractivity (Wildman–Crippen MR) is 72.0 cm³/mol. The second kappa shape index (κ2) is 4.61. The van der Waals surface area contributed by atoms with Crippen LogP contribution < -0.4 is 0 Å². The molecule has 0 atom stereocenters. The first-order valence-electron chi connectivity index (χ1n) is 5.99. The van der Waals surface area contributed by atoms with E-state index in [1.165, 1.54) is 0 Å². The zero-order valence-corrected chi connectivity index (χ0v) is 10.4.